The van der Waals surface area contributed by atoms with Gasteiger partial charge in [-0.3, -0.25) is 4.79 Å². The molecular formula is C26H26N2O4. The fourth-order valence-electron chi connectivity index (χ4n) is 3.72. The smallest absolute Gasteiger partial charge is 0.407 e. The summed E-state index contributed by atoms with van der Waals surface area (Å²) >= 11 is 0. The lowest BCUT2D eigenvalue weighted by atomic mass is 9.98. The summed E-state index contributed by atoms with van der Waals surface area (Å²) in [5, 5.41) is 12.0. The van der Waals surface area contributed by atoms with Crippen molar-refractivity contribution in [2.75, 3.05) is 6.61 Å². The van der Waals surface area contributed by atoms with E-state index in [1.807, 2.05) is 36.4 Å². The number of benzene rings is 2. The number of nitrogens with two attached hydrogens (primary N) is 1. The molecule has 0 fully saturated rings. The highest BCUT2D eigenvalue weighted by atomic mass is 16.5. The van der Waals surface area contributed by atoms with Crippen LogP contribution in [0.5, 0.6) is 0 Å². The lowest BCUT2D eigenvalue weighted by Gasteiger charge is -2.18. The Bertz CT molecular complexity index is 1060. The first-order chi connectivity index (χ1) is 15.4. The minimum Gasteiger partial charge on any atom is -0.508 e. The molecule has 2 amide bonds. The summed E-state index contributed by atoms with van der Waals surface area (Å²) in [6, 6.07) is 15.1. The number of primary amides is 1. The third kappa shape index (κ3) is 5.16. The van der Waals surface area contributed by atoms with Gasteiger partial charge in [-0.2, -0.15) is 0 Å². The standard InChI is InChI=1S/C26H26N2O4/c1-3-17(13-14-18(29)4-2)15-24(25(27)30)28-26(31)32-16-23-21-11-7-5-9-19(21)20-10-6-8-12-22(20)23/h3-14,23-24,29H,1-2,15-16H2,(H2,27,30)(H,28,31)/b17-13+,18-14+. The molecule has 0 spiro atoms. The number of aliphatic hydroxyl groups is 1. The first-order valence-corrected chi connectivity index (χ1v) is 10.2. The Labute approximate surface area is 187 Å². The van der Waals surface area contributed by atoms with E-state index in [0.29, 0.717) is 5.57 Å². The van der Waals surface area contributed by atoms with Crippen molar-refractivity contribution in [2.24, 2.45) is 5.73 Å². The molecule has 2 aromatic rings. The van der Waals surface area contributed by atoms with Crippen molar-refractivity contribution < 1.29 is 19.4 Å². The molecule has 1 aliphatic carbocycles. The Hall–Kier alpha value is -4.06. The highest BCUT2D eigenvalue weighted by Crippen LogP contribution is 2.44. The molecule has 6 nitrogen and oxygen atoms in total. The van der Waals surface area contributed by atoms with Gasteiger partial charge in [0.15, 0.2) is 0 Å². The second-order valence-electron chi connectivity index (χ2n) is 7.37. The number of fused-ring (bicyclic) bond motifs is 3. The van der Waals surface area contributed by atoms with Crippen molar-refractivity contribution in [1.82, 2.24) is 5.32 Å². The number of allylic oxidation sites excluding steroid dienone is 4. The quantitative estimate of drug-likeness (QED) is 0.402. The Morgan fingerprint density at radius 1 is 1.03 bits per heavy atom. The maximum absolute atomic E-state index is 12.5. The molecule has 1 atom stereocenters. The van der Waals surface area contributed by atoms with Crippen LogP contribution in [0.25, 0.3) is 11.1 Å². The number of nitrogens with one attached hydrogen (secondary N) is 1. The van der Waals surface area contributed by atoms with Crippen LogP contribution in [0.1, 0.15) is 23.5 Å². The van der Waals surface area contributed by atoms with Crippen molar-refractivity contribution in [3.8, 4) is 11.1 Å². The zero-order valence-corrected chi connectivity index (χ0v) is 17.7. The molecule has 0 aliphatic heterocycles. The molecule has 0 radical (unpaired) electrons. The normalized spacial score (nSPS) is 14.1. The average molecular weight is 431 g/mol. The van der Waals surface area contributed by atoms with Gasteiger partial charge in [-0.1, -0.05) is 73.8 Å². The van der Waals surface area contributed by atoms with Crippen molar-refractivity contribution >= 4 is 12.0 Å². The molecule has 32 heavy (non-hydrogen) atoms. The summed E-state index contributed by atoms with van der Waals surface area (Å²) in [5.41, 5.74) is 10.5. The molecule has 0 saturated heterocycles. The number of amides is 2. The van der Waals surface area contributed by atoms with Crippen LogP contribution < -0.4 is 11.1 Å². The van der Waals surface area contributed by atoms with E-state index in [4.69, 9.17) is 10.5 Å². The van der Waals surface area contributed by atoms with Crippen LogP contribution in [-0.2, 0) is 9.53 Å². The Kier molecular flexibility index (Phi) is 7.29. The molecule has 3 rings (SSSR count). The van der Waals surface area contributed by atoms with Gasteiger partial charge in [0, 0.05) is 12.3 Å². The molecule has 1 unspecified atom stereocenters. The van der Waals surface area contributed by atoms with Gasteiger partial charge >= 0.3 is 6.09 Å². The molecule has 2 aromatic carbocycles. The van der Waals surface area contributed by atoms with E-state index in [0.717, 1.165) is 22.3 Å². The second kappa shape index (κ2) is 10.3. The highest BCUT2D eigenvalue weighted by molar-refractivity contribution is 5.85. The van der Waals surface area contributed by atoms with Gasteiger partial charge in [-0.05, 0) is 40.0 Å². The highest BCUT2D eigenvalue weighted by Gasteiger charge is 2.29. The van der Waals surface area contributed by atoms with E-state index in [9.17, 15) is 14.7 Å². The van der Waals surface area contributed by atoms with E-state index in [1.54, 1.807) is 6.08 Å². The summed E-state index contributed by atoms with van der Waals surface area (Å²) in [4.78, 5) is 24.3. The Morgan fingerprint density at radius 2 is 1.62 bits per heavy atom. The molecule has 0 heterocycles. The minimum atomic E-state index is -0.992. The Morgan fingerprint density at radius 3 is 2.16 bits per heavy atom. The van der Waals surface area contributed by atoms with Crippen LogP contribution in [0.4, 0.5) is 4.79 Å². The van der Waals surface area contributed by atoms with Gasteiger partial charge in [0.25, 0.3) is 0 Å². The largest absolute Gasteiger partial charge is 0.508 e. The maximum Gasteiger partial charge on any atom is 0.407 e. The summed E-state index contributed by atoms with van der Waals surface area (Å²) < 4.78 is 5.48. The van der Waals surface area contributed by atoms with E-state index in [2.05, 4.69) is 30.6 Å². The third-order valence-electron chi connectivity index (χ3n) is 5.36. The predicted octanol–water partition coefficient (Wildman–Crippen LogP) is 4.51. The number of hydrogen-bond acceptors (Lipinski definition) is 4. The van der Waals surface area contributed by atoms with Crippen molar-refractivity contribution in [2.45, 2.75) is 18.4 Å². The SMILES string of the molecule is C=C/C(=C\C=C(\O)C=C)CC(NC(=O)OCC1c2ccccc2-c2ccccc21)C(N)=O. The molecule has 1 aliphatic rings. The van der Waals surface area contributed by atoms with Gasteiger partial charge < -0.3 is 20.9 Å². The maximum atomic E-state index is 12.5. The molecule has 6 heteroatoms. The number of carbonyl (C=O) groups excluding carboxylic acids is 2. The molecule has 0 aromatic heterocycles. The fourth-order valence-corrected chi connectivity index (χ4v) is 3.72. The van der Waals surface area contributed by atoms with Gasteiger partial charge in [-0.25, -0.2) is 4.79 Å². The number of carbonyl (C=O) groups is 2. The zero-order chi connectivity index (χ0) is 23.1. The van der Waals surface area contributed by atoms with Crippen LogP contribution in [-0.4, -0.2) is 29.8 Å². The first-order valence-electron chi connectivity index (χ1n) is 10.2. The number of aliphatic hydroxyl groups excluding tert-OH is 1. The number of alkyl carbamates (subject to hydrolysis) is 1. The lowest BCUT2D eigenvalue weighted by molar-refractivity contribution is -0.119. The van der Waals surface area contributed by atoms with Crippen molar-refractivity contribution in [3.05, 3.63) is 108 Å². The van der Waals surface area contributed by atoms with E-state index in [1.165, 1.54) is 18.2 Å². The minimum absolute atomic E-state index is 0.0375. The van der Waals surface area contributed by atoms with Crippen molar-refractivity contribution in [1.29, 1.82) is 0 Å². The molecular weight excluding hydrogens is 404 g/mol. The fraction of sp³-hybridized carbons (Fsp3) is 0.154. The summed E-state index contributed by atoms with van der Waals surface area (Å²) in [5.74, 6) is -0.830. The van der Waals surface area contributed by atoms with Crippen LogP contribution >= 0.6 is 0 Å². The molecule has 0 bridgehead atoms. The number of rotatable bonds is 9. The predicted molar refractivity (Wildman–Crippen MR) is 125 cm³/mol. The second-order valence-corrected chi connectivity index (χ2v) is 7.37. The summed E-state index contributed by atoms with van der Waals surface area (Å²) in [7, 11) is 0. The van der Waals surface area contributed by atoms with E-state index < -0.39 is 18.0 Å². The average Bonchev–Trinajstić information content (AvgIpc) is 3.13. The van der Waals surface area contributed by atoms with Crippen molar-refractivity contribution in [3.63, 3.8) is 0 Å². The zero-order valence-electron chi connectivity index (χ0n) is 17.7. The van der Waals surface area contributed by atoms with Gasteiger partial charge in [0.1, 0.15) is 18.4 Å². The van der Waals surface area contributed by atoms with Gasteiger partial charge in [-0.15, -0.1) is 0 Å². The van der Waals surface area contributed by atoms with E-state index >= 15 is 0 Å². The topological polar surface area (TPSA) is 102 Å². The number of hydrogen-bond donors (Lipinski definition) is 3. The first kappa shape index (κ1) is 22.6. The van der Waals surface area contributed by atoms with Crippen LogP contribution in [0.2, 0.25) is 0 Å². The van der Waals surface area contributed by atoms with Gasteiger partial charge in [0.05, 0.1) is 0 Å². The van der Waals surface area contributed by atoms with Crippen LogP contribution in [0.3, 0.4) is 0 Å². The monoisotopic (exact) mass is 430 g/mol. The molecule has 0 saturated carbocycles. The van der Waals surface area contributed by atoms with Crippen LogP contribution in [0, 0.1) is 0 Å². The van der Waals surface area contributed by atoms with E-state index in [-0.39, 0.29) is 24.7 Å². The van der Waals surface area contributed by atoms with Gasteiger partial charge in [0.2, 0.25) is 5.91 Å². The lowest BCUT2D eigenvalue weighted by Crippen LogP contribution is -2.45. The van der Waals surface area contributed by atoms with Crippen LogP contribution in [0.15, 0.2) is 97.3 Å². The Balaban J connectivity index is 1.67. The molecule has 164 valence electrons. The summed E-state index contributed by atoms with van der Waals surface area (Å²) in [6.07, 6.45) is 5.14. The number of ether oxygens (including phenoxy) is 1. The summed E-state index contributed by atoms with van der Waals surface area (Å²) in [6.45, 7) is 7.27. The molecule has 4 N–H and O–H groups in total. The third-order valence-corrected chi connectivity index (χ3v) is 5.36.